The van der Waals surface area contributed by atoms with Crippen LogP contribution in [0.15, 0.2) is 12.4 Å². The first-order valence-electron chi connectivity index (χ1n) is 4.68. The van der Waals surface area contributed by atoms with Gasteiger partial charge in [-0.25, -0.2) is 4.79 Å². The molecule has 80 valence electrons. The fraction of sp³-hybridized carbons (Fsp3) is 0.444. The minimum atomic E-state index is -0.993. The molecule has 0 radical (unpaired) electrons. The molecule has 1 fully saturated rings. The number of carbonyl (C=O) groups excluding carboxylic acids is 1. The van der Waals surface area contributed by atoms with Gasteiger partial charge >= 0.3 is 6.09 Å². The zero-order chi connectivity index (χ0) is 10.8. The number of carbonyl (C=O) groups is 2. The molecule has 0 spiro atoms. The molecule has 1 aliphatic rings. The summed E-state index contributed by atoms with van der Waals surface area (Å²) < 4.78 is 1.71. The summed E-state index contributed by atoms with van der Waals surface area (Å²) in [5.41, 5.74) is 0.546. The summed E-state index contributed by atoms with van der Waals surface area (Å²) in [6.45, 7) is 0. The van der Waals surface area contributed by atoms with E-state index in [0.29, 0.717) is 5.56 Å². The summed E-state index contributed by atoms with van der Waals surface area (Å²) in [6.07, 6.45) is 4.39. The number of amides is 1. The molecule has 0 aliphatic heterocycles. The van der Waals surface area contributed by atoms with Crippen molar-refractivity contribution in [1.82, 2.24) is 15.1 Å². The van der Waals surface area contributed by atoms with Crippen molar-refractivity contribution in [2.45, 2.75) is 24.9 Å². The largest absolute Gasteiger partial charge is 0.465 e. The summed E-state index contributed by atoms with van der Waals surface area (Å²) in [7, 11) is 0. The molecular weight excluding hydrogens is 198 g/mol. The number of hydrogen-bond acceptors (Lipinski definition) is 3. The van der Waals surface area contributed by atoms with Gasteiger partial charge in [0.05, 0.1) is 17.8 Å². The van der Waals surface area contributed by atoms with Crippen LogP contribution in [0.1, 0.15) is 29.2 Å². The van der Waals surface area contributed by atoms with Crippen molar-refractivity contribution in [2.24, 2.45) is 0 Å². The predicted octanol–water partition coefficient (Wildman–Crippen LogP) is 0.667. The van der Waals surface area contributed by atoms with Crippen molar-refractivity contribution in [3.05, 3.63) is 18.0 Å². The normalized spacial score (nSPS) is 24.3. The van der Waals surface area contributed by atoms with E-state index in [9.17, 15) is 9.59 Å². The molecule has 1 amide bonds. The molecule has 6 heteroatoms. The second-order valence-electron chi connectivity index (χ2n) is 3.64. The summed E-state index contributed by atoms with van der Waals surface area (Å²) in [6, 6.07) is 0.215. The van der Waals surface area contributed by atoms with Crippen LogP contribution in [0.5, 0.6) is 0 Å². The van der Waals surface area contributed by atoms with Gasteiger partial charge in [0.15, 0.2) is 6.29 Å². The second kappa shape index (κ2) is 3.72. The third kappa shape index (κ3) is 1.98. The van der Waals surface area contributed by atoms with Crippen molar-refractivity contribution in [1.29, 1.82) is 0 Å². The van der Waals surface area contributed by atoms with E-state index in [2.05, 4.69) is 10.4 Å². The Morgan fingerprint density at radius 2 is 2.40 bits per heavy atom. The molecule has 2 rings (SSSR count). The zero-order valence-electron chi connectivity index (χ0n) is 7.96. The monoisotopic (exact) mass is 209 g/mol. The highest BCUT2D eigenvalue weighted by atomic mass is 16.4. The van der Waals surface area contributed by atoms with Gasteiger partial charge < -0.3 is 10.4 Å². The summed E-state index contributed by atoms with van der Waals surface area (Å²) in [5.74, 6) is 0. The van der Waals surface area contributed by atoms with Crippen molar-refractivity contribution in [3.63, 3.8) is 0 Å². The van der Waals surface area contributed by atoms with Gasteiger partial charge in [-0.05, 0) is 12.8 Å². The Bertz CT molecular complexity index is 382. The molecule has 1 aromatic rings. The first-order chi connectivity index (χ1) is 7.19. The van der Waals surface area contributed by atoms with Crippen LogP contribution < -0.4 is 5.32 Å². The van der Waals surface area contributed by atoms with E-state index in [1.54, 1.807) is 10.9 Å². The van der Waals surface area contributed by atoms with Gasteiger partial charge in [0, 0.05) is 12.2 Å². The molecule has 1 saturated carbocycles. The smallest absolute Gasteiger partial charge is 0.404 e. The Morgan fingerprint density at radius 3 is 2.93 bits per heavy atom. The maximum atomic E-state index is 10.4. The average molecular weight is 209 g/mol. The lowest BCUT2D eigenvalue weighted by atomic mass is 9.87. The van der Waals surface area contributed by atoms with Crippen LogP contribution in [-0.4, -0.2) is 33.3 Å². The van der Waals surface area contributed by atoms with E-state index >= 15 is 0 Å². The Morgan fingerprint density at radius 1 is 1.67 bits per heavy atom. The van der Waals surface area contributed by atoms with Crippen LogP contribution in [0.3, 0.4) is 0 Å². The van der Waals surface area contributed by atoms with Crippen LogP contribution in [0.4, 0.5) is 4.79 Å². The van der Waals surface area contributed by atoms with Crippen LogP contribution in [0.2, 0.25) is 0 Å². The predicted molar refractivity (Wildman–Crippen MR) is 50.8 cm³/mol. The summed E-state index contributed by atoms with van der Waals surface area (Å²) in [5, 5.41) is 14.9. The quantitative estimate of drug-likeness (QED) is 0.716. The number of aldehydes is 1. The Kier molecular flexibility index (Phi) is 2.40. The van der Waals surface area contributed by atoms with Crippen LogP contribution >= 0.6 is 0 Å². The van der Waals surface area contributed by atoms with Gasteiger partial charge in [-0.15, -0.1) is 0 Å². The standard InChI is InChI=1S/C9H11N3O3/c13-5-6-3-10-12(4-6)8-1-7(2-8)11-9(14)15/h3-5,7-8,11H,1-2H2,(H,14,15). The van der Waals surface area contributed by atoms with Crippen molar-refractivity contribution in [3.8, 4) is 0 Å². The van der Waals surface area contributed by atoms with E-state index in [0.717, 1.165) is 19.1 Å². The number of nitrogens with one attached hydrogen (secondary N) is 1. The number of aromatic nitrogens is 2. The maximum Gasteiger partial charge on any atom is 0.404 e. The van der Waals surface area contributed by atoms with E-state index in [4.69, 9.17) is 5.11 Å². The topological polar surface area (TPSA) is 84.2 Å². The van der Waals surface area contributed by atoms with E-state index in [1.165, 1.54) is 6.20 Å². The first-order valence-corrected chi connectivity index (χ1v) is 4.68. The molecule has 0 atom stereocenters. The Labute approximate surface area is 85.9 Å². The lowest BCUT2D eigenvalue weighted by Crippen LogP contribution is -2.44. The number of nitrogens with zero attached hydrogens (tertiary/aromatic N) is 2. The molecule has 1 aliphatic carbocycles. The fourth-order valence-corrected chi connectivity index (χ4v) is 1.71. The van der Waals surface area contributed by atoms with Gasteiger partial charge in [-0.3, -0.25) is 9.48 Å². The third-order valence-corrected chi connectivity index (χ3v) is 2.57. The highest BCUT2D eigenvalue weighted by Crippen LogP contribution is 2.31. The highest BCUT2D eigenvalue weighted by Gasteiger charge is 2.31. The molecule has 15 heavy (non-hydrogen) atoms. The van der Waals surface area contributed by atoms with Crippen molar-refractivity contribution < 1.29 is 14.7 Å². The van der Waals surface area contributed by atoms with Crippen molar-refractivity contribution in [2.75, 3.05) is 0 Å². The van der Waals surface area contributed by atoms with Gasteiger partial charge in [-0.2, -0.15) is 5.10 Å². The third-order valence-electron chi connectivity index (χ3n) is 2.57. The SMILES string of the molecule is O=Cc1cnn(C2CC(NC(=O)O)C2)c1. The van der Waals surface area contributed by atoms with Gasteiger partial charge in [-0.1, -0.05) is 0 Å². The summed E-state index contributed by atoms with van der Waals surface area (Å²) >= 11 is 0. The number of rotatable bonds is 3. The van der Waals surface area contributed by atoms with E-state index in [-0.39, 0.29) is 12.1 Å². The molecule has 0 bridgehead atoms. The maximum absolute atomic E-state index is 10.4. The lowest BCUT2D eigenvalue weighted by molar-refractivity contribution is 0.112. The second-order valence-corrected chi connectivity index (χ2v) is 3.64. The van der Waals surface area contributed by atoms with E-state index in [1.807, 2.05) is 0 Å². The molecule has 0 aromatic carbocycles. The van der Waals surface area contributed by atoms with Gasteiger partial charge in [0.25, 0.3) is 0 Å². The number of hydrogen-bond donors (Lipinski definition) is 2. The molecule has 0 saturated heterocycles. The van der Waals surface area contributed by atoms with Crippen LogP contribution in [0.25, 0.3) is 0 Å². The minimum absolute atomic E-state index is 0.0105. The highest BCUT2D eigenvalue weighted by molar-refractivity contribution is 5.73. The molecule has 6 nitrogen and oxygen atoms in total. The van der Waals surface area contributed by atoms with Crippen LogP contribution in [0, 0.1) is 0 Å². The van der Waals surface area contributed by atoms with Gasteiger partial charge in [0.2, 0.25) is 0 Å². The molecule has 0 unspecified atom stereocenters. The molecule has 2 N–H and O–H groups in total. The fourth-order valence-electron chi connectivity index (χ4n) is 1.71. The molecule has 1 aromatic heterocycles. The Hall–Kier alpha value is -1.85. The average Bonchev–Trinajstić information content (AvgIpc) is 2.58. The number of carboxylic acid groups (broad SMARTS) is 1. The Balaban J connectivity index is 1.88. The zero-order valence-corrected chi connectivity index (χ0v) is 7.96. The van der Waals surface area contributed by atoms with Crippen molar-refractivity contribution >= 4 is 12.4 Å². The minimum Gasteiger partial charge on any atom is -0.465 e. The first kappa shape index (κ1) is 9.70. The molecular formula is C9H11N3O3. The molecule has 1 heterocycles. The summed E-state index contributed by atoms with van der Waals surface area (Å²) in [4.78, 5) is 20.7. The lowest BCUT2D eigenvalue weighted by Gasteiger charge is -2.34. The van der Waals surface area contributed by atoms with Gasteiger partial charge in [0.1, 0.15) is 0 Å². The van der Waals surface area contributed by atoms with Crippen LogP contribution in [-0.2, 0) is 0 Å². The van der Waals surface area contributed by atoms with E-state index < -0.39 is 6.09 Å².